The lowest BCUT2D eigenvalue weighted by Crippen LogP contribution is -2.36. The average molecular weight is 424 g/mol. The lowest BCUT2D eigenvalue weighted by atomic mass is 9.93. The van der Waals surface area contributed by atoms with Gasteiger partial charge in [0.25, 0.3) is 5.91 Å². The molecule has 6 nitrogen and oxygen atoms in total. The fourth-order valence-electron chi connectivity index (χ4n) is 3.91. The Kier molecular flexibility index (Phi) is 8.48. The van der Waals surface area contributed by atoms with Crippen LogP contribution in [0.25, 0.3) is 0 Å². The Morgan fingerprint density at radius 3 is 2.54 bits per heavy atom. The van der Waals surface area contributed by atoms with Crippen LogP contribution in [0.4, 0.5) is 5.95 Å². The number of nitrogens with zero attached hydrogens (tertiary/aromatic N) is 4. The molecule has 1 unspecified atom stereocenters. The first-order chi connectivity index (χ1) is 12.8. The highest BCUT2D eigenvalue weighted by Gasteiger charge is 2.26. The van der Waals surface area contributed by atoms with Crippen LogP contribution in [0.1, 0.15) is 34.7 Å². The summed E-state index contributed by atoms with van der Waals surface area (Å²) in [5.41, 5.74) is 2.06. The molecule has 28 heavy (non-hydrogen) atoms. The van der Waals surface area contributed by atoms with Crippen molar-refractivity contribution >= 4 is 36.7 Å². The van der Waals surface area contributed by atoms with Crippen LogP contribution in [0, 0.1) is 0 Å². The molecular weight excluding hydrogens is 397 g/mol. The topological polar surface area (TPSA) is 61.4 Å². The molecule has 0 saturated carbocycles. The van der Waals surface area contributed by atoms with Gasteiger partial charge in [-0.25, -0.2) is 9.97 Å². The van der Waals surface area contributed by atoms with Gasteiger partial charge in [0.15, 0.2) is 0 Å². The molecule has 0 radical (unpaired) electrons. The Labute approximate surface area is 178 Å². The number of nitrogens with one attached hydrogen (secondary N) is 1. The molecule has 2 fully saturated rings. The summed E-state index contributed by atoms with van der Waals surface area (Å²) in [5.74, 6) is 1.35. The highest BCUT2D eigenvalue weighted by atomic mass is 35.5. The van der Waals surface area contributed by atoms with E-state index >= 15 is 0 Å². The molecule has 4 rings (SSSR count). The summed E-state index contributed by atoms with van der Waals surface area (Å²) < 4.78 is 0. The monoisotopic (exact) mass is 423 g/mol. The summed E-state index contributed by atoms with van der Waals surface area (Å²) in [6.45, 7) is 5.12. The second-order valence-electron chi connectivity index (χ2n) is 6.96. The van der Waals surface area contributed by atoms with Crippen molar-refractivity contribution in [1.82, 2.24) is 20.2 Å². The largest absolute Gasteiger partial charge is 0.339 e. The SMILES string of the molecule is Cl.Cl.O=C(c1ccccc1C1CCNC1)N1CCCN(c2ncccn2)CC1. The molecule has 1 N–H and O–H groups in total. The van der Waals surface area contributed by atoms with Crippen LogP contribution in [-0.4, -0.2) is 60.0 Å². The molecule has 8 heteroatoms. The average Bonchev–Trinajstić information content (AvgIpc) is 3.12. The molecular formula is C20H27Cl2N5O. The minimum absolute atomic E-state index is 0. The van der Waals surface area contributed by atoms with Gasteiger partial charge in [0, 0.05) is 50.7 Å². The van der Waals surface area contributed by atoms with Gasteiger partial charge in [0.2, 0.25) is 5.95 Å². The molecule has 152 valence electrons. The van der Waals surface area contributed by atoms with Gasteiger partial charge in [0.1, 0.15) is 0 Å². The first-order valence-corrected chi connectivity index (χ1v) is 9.44. The summed E-state index contributed by atoms with van der Waals surface area (Å²) in [4.78, 5) is 26.1. The summed E-state index contributed by atoms with van der Waals surface area (Å²) in [7, 11) is 0. The van der Waals surface area contributed by atoms with Crippen molar-refractivity contribution in [1.29, 1.82) is 0 Å². The van der Waals surface area contributed by atoms with Crippen LogP contribution in [0.3, 0.4) is 0 Å². The Hall–Kier alpha value is -1.89. The van der Waals surface area contributed by atoms with Crippen molar-refractivity contribution in [3.8, 4) is 0 Å². The standard InChI is InChI=1S/C20H25N5O.2ClH/c26-19(18-6-2-1-5-17(18)16-7-10-21-15-16)24-11-4-12-25(14-13-24)20-22-8-3-9-23-20;;/h1-3,5-6,8-9,16,21H,4,7,10-15H2;2*1H. The van der Waals surface area contributed by atoms with Gasteiger partial charge in [0.05, 0.1) is 0 Å². The van der Waals surface area contributed by atoms with E-state index in [0.29, 0.717) is 12.5 Å². The quantitative estimate of drug-likeness (QED) is 0.821. The molecule has 1 aromatic carbocycles. The maximum atomic E-state index is 13.2. The first-order valence-electron chi connectivity index (χ1n) is 9.44. The Balaban J connectivity index is 0.00000140. The number of anilines is 1. The Bertz CT molecular complexity index is 755. The predicted octanol–water partition coefficient (Wildman–Crippen LogP) is 2.75. The van der Waals surface area contributed by atoms with Crippen molar-refractivity contribution < 1.29 is 4.79 Å². The van der Waals surface area contributed by atoms with Gasteiger partial charge in [-0.05, 0) is 43.0 Å². The second-order valence-corrected chi connectivity index (χ2v) is 6.96. The smallest absolute Gasteiger partial charge is 0.254 e. The highest BCUT2D eigenvalue weighted by Crippen LogP contribution is 2.26. The third-order valence-electron chi connectivity index (χ3n) is 5.31. The van der Waals surface area contributed by atoms with Crippen LogP contribution in [0.15, 0.2) is 42.7 Å². The van der Waals surface area contributed by atoms with E-state index in [2.05, 4.69) is 26.3 Å². The van der Waals surface area contributed by atoms with Gasteiger partial charge in [-0.1, -0.05) is 18.2 Å². The van der Waals surface area contributed by atoms with Crippen LogP contribution < -0.4 is 10.2 Å². The van der Waals surface area contributed by atoms with Gasteiger partial charge < -0.3 is 15.1 Å². The maximum absolute atomic E-state index is 13.2. The zero-order valence-corrected chi connectivity index (χ0v) is 17.4. The summed E-state index contributed by atoms with van der Waals surface area (Å²) >= 11 is 0. The van der Waals surface area contributed by atoms with E-state index in [0.717, 1.165) is 57.1 Å². The van der Waals surface area contributed by atoms with Crippen molar-refractivity contribution in [2.75, 3.05) is 44.2 Å². The summed E-state index contributed by atoms with van der Waals surface area (Å²) in [5, 5.41) is 3.41. The minimum atomic E-state index is 0. The number of carbonyl (C=O) groups excluding carboxylic acids is 1. The molecule has 2 saturated heterocycles. The predicted molar refractivity (Wildman–Crippen MR) is 116 cm³/mol. The number of hydrogen-bond donors (Lipinski definition) is 1. The third-order valence-corrected chi connectivity index (χ3v) is 5.31. The van der Waals surface area contributed by atoms with Crippen molar-refractivity contribution in [3.05, 3.63) is 53.9 Å². The van der Waals surface area contributed by atoms with Gasteiger partial charge >= 0.3 is 0 Å². The van der Waals surface area contributed by atoms with Crippen LogP contribution in [0.5, 0.6) is 0 Å². The van der Waals surface area contributed by atoms with Gasteiger partial charge in [-0.3, -0.25) is 4.79 Å². The zero-order valence-electron chi connectivity index (χ0n) is 15.8. The van der Waals surface area contributed by atoms with E-state index in [1.807, 2.05) is 29.2 Å². The molecule has 2 aliphatic heterocycles. The second kappa shape index (κ2) is 10.6. The lowest BCUT2D eigenvalue weighted by Gasteiger charge is -2.24. The molecule has 1 atom stereocenters. The van der Waals surface area contributed by atoms with Gasteiger partial charge in [-0.2, -0.15) is 0 Å². The molecule has 3 heterocycles. The first kappa shape index (κ1) is 22.4. The number of aromatic nitrogens is 2. The summed E-state index contributed by atoms with van der Waals surface area (Å²) in [6.07, 6.45) is 5.56. The number of halogens is 2. The van der Waals surface area contributed by atoms with E-state index in [4.69, 9.17) is 0 Å². The lowest BCUT2D eigenvalue weighted by molar-refractivity contribution is 0.0765. The van der Waals surface area contributed by atoms with Crippen LogP contribution >= 0.6 is 24.8 Å². The molecule has 0 bridgehead atoms. The van der Waals surface area contributed by atoms with E-state index in [1.165, 1.54) is 5.56 Å². The van der Waals surface area contributed by atoms with Crippen LogP contribution in [0.2, 0.25) is 0 Å². The number of benzene rings is 1. The molecule has 0 spiro atoms. The van der Waals surface area contributed by atoms with Crippen molar-refractivity contribution in [2.24, 2.45) is 0 Å². The number of hydrogen-bond acceptors (Lipinski definition) is 5. The number of amides is 1. The minimum Gasteiger partial charge on any atom is -0.339 e. The third kappa shape index (κ3) is 4.93. The van der Waals surface area contributed by atoms with E-state index < -0.39 is 0 Å². The number of rotatable bonds is 3. The highest BCUT2D eigenvalue weighted by molar-refractivity contribution is 5.96. The van der Waals surface area contributed by atoms with E-state index in [-0.39, 0.29) is 30.7 Å². The maximum Gasteiger partial charge on any atom is 0.254 e. The fourth-order valence-corrected chi connectivity index (χ4v) is 3.91. The Morgan fingerprint density at radius 1 is 1.00 bits per heavy atom. The molecule has 0 aliphatic carbocycles. The van der Waals surface area contributed by atoms with E-state index in [1.54, 1.807) is 12.4 Å². The van der Waals surface area contributed by atoms with Crippen LogP contribution in [-0.2, 0) is 0 Å². The van der Waals surface area contributed by atoms with Crippen molar-refractivity contribution in [2.45, 2.75) is 18.8 Å². The zero-order chi connectivity index (χ0) is 17.8. The molecule has 2 aromatic rings. The normalized spacial score (nSPS) is 19.4. The molecule has 1 amide bonds. The molecule has 1 aromatic heterocycles. The van der Waals surface area contributed by atoms with Crippen molar-refractivity contribution in [3.63, 3.8) is 0 Å². The molecule has 2 aliphatic rings. The Morgan fingerprint density at radius 2 is 1.79 bits per heavy atom. The number of carbonyl (C=O) groups is 1. The van der Waals surface area contributed by atoms with Gasteiger partial charge in [-0.15, -0.1) is 24.8 Å². The summed E-state index contributed by atoms with van der Waals surface area (Å²) in [6, 6.07) is 9.94. The van der Waals surface area contributed by atoms with E-state index in [9.17, 15) is 4.79 Å². The fraction of sp³-hybridized carbons (Fsp3) is 0.450.